The number of hydrogen-bond acceptors (Lipinski definition) is 6. The van der Waals surface area contributed by atoms with E-state index in [1.54, 1.807) is 56.3 Å². The quantitative estimate of drug-likeness (QED) is 0.410. The smallest absolute Gasteiger partial charge is 0.343 e. The summed E-state index contributed by atoms with van der Waals surface area (Å²) in [7, 11) is 0. The summed E-state index contributed by atoms with van der Waals surface area (Å²) in [4.78, 5) is 34.3. The van der Waals surface area contributed by atoms with Crippen LogP contribution in [0.2, 0.25) is 5.02 Å². The summed E-state index contributed by atoms with van der Waals surface area (Å²) in [6, 6.07) is 11.6. The van der Waals surface area contributed by atoms with Crippen LogP contribution < -0.4 is 9.47 Å². The minimum atomic E-state index is -0.584. The van der Waals surface area contributed by atoms with Crippen LogP contribution in [0.25, 0.3) is 6.08 Å². The first-order valence-electron chi connectivity index (χ1n) is 9.71. The van der Waals surface area contributed by atoms with E-state index in [0.717, 1.165) is 0 Å². The second-order valence-electron chi connectivity index (χ2n) is 6.84. The lowest BCUT2D eigenvalue weighted by atomic mass is 10.1. The van der Waals surface area contributed by atoms with E-state index >= 15 is 0 Å². The molecule has 0 aliphatic carbocycles. The number of esters is 1. The molecule has 0 saturated carbocycles. The Morgan fingerprint density at radius 1 is 1.28 bits per heavy atom. The van der Waals surface area contributed by atoms with Crippen LogP contribution in [0.5, 0.6) is 11.5 Å². The van der Waals surface area contributed by atoms with Gasteiger partial charge in [-0.25, -0.2) is 4.79 Å². The highest BCUT2D eigenvalue weighted by Crippen LogP contribution is 2.38. The second kappa shape index (κ2) is 8.68. The summed E-state index contributed by atoms with van der Waals surface area (Å²) in [6.45, 7) is 3.77. The van der Waals surface area contributed by atoms with Crippen LogP contribution in [0.3, 0.4) is 0 Å². The largest absolute Gasteiger partial charge is 0.490 e. The van der Waals surface area contributed by atoms with E-state index in [1.165, 1.54) is 17.2 Å². The Labute approximate surface area is 188 Å². The monoisotopic (exact) mass is 451 g/mol. The van der Waals surface area contributed by atoms with Gasteiger partial charge in [0.2, 0.25) is 0 Å². The van der Waals surface area contributed by atoms with Gasteiger partial charge in [0.15, 0.2) is 23.2 Å². The number of rotatable bonds is 5. The Hall–Kier alpha value is -3.91. The molecule has 0 bridgehead atoms. The highest BCUT2D eigenvalue weighted by molar-refractivity contribution is 6.34. The van der Waals surface area contributed by atoms with Gasteiger partial charge in [0, 0.05) is 6.08 Å². The average molecular weight is 452 g/mol. The van der Waals surface area contributed by atoms with Crippen LogP contribution in [-0.2, 0) is 9.63 Å². The number of fused-ring (bicyclic) bond motifs is 1. The molecule has 0 spiro atoms. The number of amidine groups is 2. The van der Waals surface area contributed by atoms with Crippen LogP contribution in [0, 0.1) is 5.41 Å². The summed E-state index contributed by atoms with van der Waals surface area (Å²) >= 11 is 6.40. The zero-order chi connectivity index (χ0) is 22.8. The Kier molecular flexibility index (Phi) is 5.79. The Morgan fingerprint density at radius 2 is 2.03 bits per heavy atom. The van der Waals surface area contributed by atoms with E-state index in [4.69, 9.17) is 31.3 Å². The number of aliphatic imine (C=N–C) groups is 1. The van der Waals surface area contributed by atoms with Gasteiger partial charge in [0.25, 0.3) is 5.91 Å². The van der Waals surface area contributed by atoms with Crippen molar-refractivity contribution in [1.82, 2.24) is 5.06 Å². The number of carbonyl (C=O) groups excluding carboxylic acids is 2. The van der Waals surface area contributed by atoms with Gasteiger partial charge in [-0.15, -0.1) is 5.06 Å². The number of hydroxylamine groups is 2. The molecule has 162 valence electrons. The number of allylic oxidation sites excluding steroid dienone is 1. The number of hydrogen-bond donors (Lipinski definition) is 1. The number of nitrogens with one attached hydrogen (secondary N) is 1. The first-order valence-corrected chi connectivity index (χ1v) is 10.1. The van der Waals surface area contributed by atoms with Gasteiger partial charge < -0.3 is 14.3 Å². The first-order chi connectivity index (χ1) is 15.4. The standard InChI is InChI=1S/C23H18ClN3O5/c1-3-30-18-12-14(10-16-21(25)27-19(26-22(16)28)9-13(2)32-27)11-17(24)20(18)31-23(29)15-7-5-4-6-8-15/h4-12,25H,3H2,1-2H3/b16-10+,25-21?. The zero-order valence-electron chi connectivity index (χ0n) is 17.2. The van der Waals surface area contributed by atoms with Crippen LogP contribution >= 0.6 is 11.6 Å². The molecule has 0 radical (unpaired) electrons. The fourth-order valence-electron chi connectivity index (χ4n) is 3.13. The molecule has 2 aromatic rings. The average Bonchev–Trinajstić information content (AvgIpc) is 3.14. The molecular weight excluding hydrogens is 434 g/mol. The van der Waals surface area contributed by atoms with Crippen LogP contribution in [0.15, 0.2) is 64.9 Å². The number of benzene rings is 2. The van der Waals surface area contributed by atoms with Crippen molar-refractivity contribution in [2.45, 2.75) is 13.8 Å². The lowest BCUT2D eigenvalue weighted by Crippen LogP contribution is -2.38. The Bertz CT molecular complexity index is 1220. The molecular formula is C23H18ClN3O5. The Morgan fingerprint density at radius 3 is 2.75 bits per heavy atom. The molecule has 0 atom stereocenters. The van der Waals surface area contributed by atoms with Gasteiger partial charge in [-0.3, -0.25) is 10.2 Å². The molecule has 32 heavy (non-hydrogen) atoms. The molecule has 4 rings (SSSR count). The lowest BCUT2D eigenvalue weighted by Gasteiger charge is -2.23. The third kappa shape index (κ3) is 4.13. The molecule has 1 N–H and O–H groups in total. The van der Waals surface area contributed by atoms with Crippen molar-refractivity contribution in [2.24, 2.45) is 4.99 Å². The number of ether oxygens (including phenoxy) is 2. The molecule has 9 heteroatoms. The lowest BCUT2D eigenvalue weighted by molar-refractivity contribution is -0.114. The maximum absolute atomic E-state index is 12.5. The fourth-order valence-corrected chi connectivity index (χ4v) is 3.38. The zero-order valence-corrected chi connectivity index (χ0v) is 18.0. The van der Waals surface area contributed by atoms with Crippen molar-refractivity contribution in [3.8, 4) is 11.5 Å². The van der Waals surface area contributed by atoms with E-state index in [0.29, 0.717) is 23.5 Å². The van der Waals surface area contributed by atoms with Crippen molar-refractivity contribution in [3.63, 3.8) is 0 Å². The van der Waals surface area contributed by atoms with Gasteiger partial charge in [0.1, 0.15) is 5.76 Å². The van der Waals surface area contributed by atoms with E-state index < -0.39 is 11.9 Å². The molecule has 2 heterocycles. The molecule has 1 amide bonds. The number of carbonyl (C=O) groups is 2. The van der Waals surface area contributed by atoms with Crippen molar-refractivity contribution in [3.05, 3.63) is 76.0 Å². The van der Waals surface area contributed by atoms with Crippen molar-refractivity contribution < 1.29 is 23.9 Å². The minimum absolute atomic E-state index is 0.0180. The van der Waals surface area contributed by atoms with Crippen LogP contribution in [0.4, 0.5) is 0 Å². The molecule has 0 unspecified atom stereocenters. The van der Waals surface area contributed by atoms with E-state index in [9.17, 15) is 9.59 Å². The van der Waals surface area contributed by atoms with Crippen molar-refractivity contribution in [1.29, 1.82) is 5.41 Å². The Balaban J connectivity index is 1.67. The molecule has 0 fully saturated rings. The van der Waals surface area contributed by atoms with E-state index in [2.05, 4.69) is 4.99 Å². The second-order valence-corrected chi connectivity index (χ2v) is 7.25. The third-order valence-electron chi connectivity index (χ3n) is 4.53. The van der Waals surface area contributed by atoms with Crippen LogP contribution in [-0.4, -0.2) is 35.2 Å². The number of amides is 1. The van der Waals surface area contributed by atoms with Gasteiger partial charge in [-0.2, -0.15) is 4.99 Å². The van der Waals surface area contributed by atoms with E-state index in [1.807, 2.05) is 0 Å². The fraction of sp³-hybridized carbons (Fsp3) is 0.130. The summed E-state index contributed by atoms with van der Waals surface area (Å²) in [6.07, 6.45) is 3.03. The normalized spacial score (nSPS) is 16.3. The van der Waals surface area contributed by atoms with Gasteiger partial charge >= 0.3 is 5.97 Å². The van der Waals surface area contributed by atoms with Crippen LogP contribution in [0.1, 0.15) is 29.8 Å². The molecule has 0 aromatic heterocycles. The molecule has 2 aliphatic heterocycles. The predicted octanol–water partition coefficient (Wildman–Crippen LogP) is 4.41. The molecule has 0 saturated heterocycles. The van der Waals surface area contributed by atoms with Gasteiger partial charge in [-0.1, -0.05) is 29.8 Å². The predicted molar refractivity (Wildman–Crippen MR) is 119 cm³/mol. The highest BCUT2D eigenvalue weighted by Gasteiger charge is 2.34. The first kappa shape index (κ1) is 21.3. The summed E-state index contributed by atoms with van der Waals surface area (Å²) in [5.74, 6) is -0.242. The minimum Gasteiger partial charge on any atom is -0.490 e. The molecule has 8 nitrogen and oxygen atoms in total. The summed E-state index contributed by atoms with van der Waals surface area (Å²) < 4.78 is 11.1. The summed E-state index contributed by atoms with van der Waals surface area (Å²) in [5, 5.41) is 9.61. The topological polar surface area (TPSA) is 101 Å². The maximum atomic E-state index is 12.5. The molecule has 2 aromatic carbocycles. The number of nitrogens with zero attached hydrogens (tertiary/aromatic N) is 2. The number of halogens is 1. The van der Waals surface area contributed by atoms with E-state index in [-0.39, 0.29) is 33.8 Å². The molecule has 2 aliphatic rings. The van der Waals surface area contributed by atoms with Crippen molar-refractivity contribution >= 4 is 41.2 Å². The third-order valence-corrected chi connectivity index (χ3v) is 4.81. The SMILES string of the molecule is CCOc1cc(/C=C2\C(=N)N3OC(C)=CC3=NC2=O)cc(Cl)c1OC(=O)c1ccccc1. The van der Waals surface area contributed by atoms with Crippen molar-refractivity contribution in [2.75, 3.05) is 6.61 Å². The van der Waals surface area contributed by atoms with Gasteiger partial charge in [0.05, 0.1) is 22.8 Å². The summed E-state index contributed by atoms with van der Waals surface area (Å²) in [5.41, 5.74) is 0.847. The maximum Gasteiger partial charge on any atom is 0.343 e. The highest BCUT2D eigenvalue weighted by atomic mass is 35.5. The van der Waals surface area contributed by atoms with Gasteiger partial charge in [-0.05, 0) is 49.8 Å².